The largest absolute Gasteiger partial charge is 0.354 e. The van der Waals surface area contributed by atoms with Crippen molar-refractivity contribution in [2.75, 3.05) is 20.1 Å². The van der Waals surface area contributed by atoms with E-state index in [0.717, 1.165) is 56.0 Å². The van der Waals surface area contributed by atoms with Gasteiger partial charge in [-0.15, -0.1) is 0 Å². The molecule has 30 heavy (non-hydrogen) atoms. The molecule has 1 aliphatic rings. The summed E-state index contributed by atoms with van der Waals surface area (Å²) in [4.78, 5) is 19.0. The summed E-state index contributed by atoms with van der Waals surface area (Å²) in [6, 6.07) is 10.5. The van der Waals surface area contributed by atoms with Gasteiger partial charge in [0.25, 0.3) is 0 Å². The molecule has 1 amide bonds. The van der Waals surface area contributed by atoms with Gasteiger partial charge in [-0.3, -0.25) is 9.79 Å². The van der Waals surface area contributed by atoms with E-state index in [1.807, 2.05) is 34.0 Å². The van der Waals surface area contributed by atoms with E-state index in [9.17, 15) is 4.79 Å². The molecule has 1 aromatic carbocycles. The van der Waals surface area contributed by atoms with Crippen LogP contribution in [0.3, 0.4) is 0 Å². The van der Waals surface area contributed by atoms with E-state index < -0.39 is 0 Å². The molecule has 1 fully saturated rings. The van der Waals surface area contributed by atoms with E-state index in [1.165, 1.54) is 0 Å². The Kier molecular flexibility index (Phi) is 7.88. The summed E-state index contributed by atoms with van der Waals surface area (Å²) >= 11 is 0. The predicted octanol–water partition coefficient (Wildman–Crippen LogP) is 2.96. The van der Waals surface area contributed by atoms with Crippen LogP contribution in [0.1, 0.15) is 45.1 Å². The first kappa shape index (κ1) is 21.9. The number of amides is 1. The van der Waals surface area contributed by atoms with E-state index in [1.54, 1.807) is 13.2 Å². The van der Waals surface area contributed by atoms with Crippen LogP contribution in [0.2, 0.25) is 0 Å². The van der Waals surface area contributed by atoms with Crippen molar-refractivity contribution in [2.45, 2.75) is 52.1 Å². The lowest BCUT2D eigenvalue weighted by Crippen LogP contribution is -2.50. The summed E-state index contributed by atoms with van der Waals surface area (Å²) in [7, 11) is 1.79. The highest BCUT2D eigenvalue weighted by Gasteiger charge is 2.26. The molecule has 0 spiro atoms. The second-order valence-electron chi connectivity index (χ2n) is 7.80. The lowest BCUT2D eigenvalue weighted by atomic mass is 9.98. The van der Waals surface area contributed by atoms with Crippen LogP contribution >= 0.6 is 0 Å². The number of nitrogens with zero attached hydrogens (tertiary/aromatic N) is 4. The van der Waals surface area contributed by atoms with Crippen LogP contribution in [-0.4, -0.2) is 52.7 Å². The minimum atomic E-state index is 0.168. The molecule has 0 radical (unpaired) electrons. The van der Waals surface area contributed by atoms with E-state index >= 15 is 0 Å². The van der Waals surface area contributed by atoms with Gasteiger partial charge >= 0.3 is 0 Å². The highest BCUT2D eigenvalue weighted by atomic mass is 16.2. The van der Waals surface area contributed by atoms with Gasteiger partial charge in [-0.25, -0.2) is 4.68 Å². The Morgan fingerprint density at radius 3 is 2.63 bits per heavy atom. The van der Waals surface area contributed by atoms with Crippen LogP contribution in [0.5, 0.6) is 0 Å². The molecule has 7 heteroatoms. The van der Waals surface area contributed by atoms with Gasteiger partial charge in [0.2, 0.25) is 5.91 Å². The number of likely N-dealkylation sites (tertiary alicyclic amines) is 1. The molecule has 2 heterocycles. The first-order valence-electron chi connectivity index (χ1n) is 11.0. The number of aliphatic imine (C=N–C) groups is 1. The fourth-order valence-electron chi connectivity index (χ4n) is 3.94. The smallest absolute Gasteiger partial charge is 0.225 e. The minimum absolute atomic E-state index is 0.168. The monoisotopic (exact) mass is 410 g/mol. The Morgan fingerprint density at radius 2 is 2.00 bits per heavy atom. The van der Waals surface area contributed by atoms with Gasteiger partial charge < -0.3 is 15.5 Å². The standard InChI is InChI=1S/C23H34N6O/c1-4-19(5-2)22(30)28-14-10-20(11-15-28)27-23(24-3)25-17-18-8-6-9-21(16-18)29-13-7-12-26-29/h6-9,12-13,16,19-20H,4-5,10-11,14-15,17H2,1-3H3,(H2,24,25,27). The third-order valence-electron chi connectivity index (χ3n) is 5.85. The number of nitrogens with one attached hydrogen (secondary N) is 2. The lowest BCUT2D eigenvalue weighted by molar-refractivity contribution is -0.136. The molecule has 0 aliphatic carbocycles. The fraction of sp³-hybridized carbons (Fsp3) is 0.522. The summed E-state index contributed by atoms with van der Waals surface area (Å²) in [6.07, 6.45) is 7.45. The molecule has 2 N–H and O–H groups in total. The molecule has 0 unspecified atom stereocenters. The summed E-state index contributed by atoms with van der Waals surface area (Å²) < 4.78 is 1.85. The number of guanidine groups is 1. The van der Waals surface area contributed by atoms with Crippen LogP contribution in [-0.2, 0) is 11.3 Å². The van der Waals surface area contributed by atoms with Crippen molar-refractivity contribution in [3.05, 3.63) is 48.3 Å². The summed E-state index contributed by atoms with van der Waals surface area (Å²) in [6.45, 7) is 6.51. The molecular formula is C23H34N6O. The average Bonchev–Trinajstić information content (AvgIpc) is 3.33. The molecule has 1 aromatic heterocycles. The van der Waals surface area contributed by atoms with E-state index in [2.05, 4.69) is 46.7 Å². The van der Waals surface area contributed by atoms with Gasteiger partial charge in [0.15, 0.2) is 5.96 Å². The summed E-state index contributed by atoms with van der Waals surface area (Å²) in [5.41, 5.74) is 2.20. The van der Waals surface area contributed by atoms with Crippen molar-refractivity contribution in [2.24, 2.45) is 10.9 Å². The molecular weight excluding hydrogens is 376 g/mol. The van der Waals surface area contributed by atoms with E-state index in [-0.39, 0.29) is 5.92 Å². The number of hydrogen-bond acceptors (Lipinski definition) is 3. The highest BCUT2D eigenvalue weighted by molar-refractivity contribution is 5.80. The number of benzene rings is 1. The first-order valence-corrected chi connectivity index (χ1v) is 11.0. The molecule has 162 valence electrons. The maximum atomic E-state index is 12.6. The Hall–Kier alpha value is -2.83. The van der Waals surface area contributed by atoms with Gasteiger partial charge in [0.1, 0.15) is 0 Å². The van der Waals surface area contributed by atoms with E-state index in [0.29, 0.717) is 18.5 Å². The molecule has 0 bridgehead atoms. The number of piperidine rings is 1. The van der Waals surface area contributed by atoms with Crippen molar-refractivity contribution in [3.63, 3.8) is 0 Å². The van der Waals surface area contributed by atoms with Crippen molar-refractivity contribution in [1.29, 1.82) is 0 Å². The summed E-state index contributed by atoms with van der Waals surface area (Å²) in [5, 5.41) is 11.2. The molecule has 0 atom stereocenters. The second kappa shape index (κ2) is 10.8. The average molecular weight is 411 g/mol. The lowest BCUT2D eigenvalue weighted by Gasteiger charge is -2.34. The van der Waals surface area contributed by atoms with Gasteiger partial charge in [-0.05, 0) is 49.4 Å². The van der Waals surface area contributed by atoms with Crippen molar-refractivity contribution < 1.29 is 4.79 Å². The van der Waals surface area contributed by atoms with Crippen LogP contribution in [0.15, 0.2) is 47.7 Å². The third kappa shape index (κ3) is 5.62. The highest BCUT2D eigenvalue weighted by Crippen LogP contribution is 2.17. The Morgan fingerprint density at radius 1 is 1.23 bits per heavy atom. The SMILES string of the molecule is CCC(CC)C(=O)N1CCC(NC(=NC)NCc2cccc(-n3cccn3)c2)CC1. The third-order valence-corrected chi connectivity index (χ3v) is 5.85. The van der Waals surface area contributed by atoms with Crippen molar-refractivity contribution in [1.82, 2.24) is 25.3 Å². The van der Waals surface area contributed by atoms with Crippen LogP contribution in [0, 0.1) is 5.92 Å². The van der Waals surface area contributed by atoms with E-state index in [4.69, 9.17) is 0 Å². The zero-order valence-electron chi connectivity index (χ0n) is 18.3. The fourth-order valence-corrected chi connectivity index (χ4v) is 3.94. The van der Waals surface area contributed by atoms with Crippen LogP contribution in [0.4, 0.5) is 0 Å². The van der Waals surface area contributed by atoms with Gasteiger partial charge in [-0.1, -0.05) is 26.0 Å². The minimum Gasteiger partial charge on any atom is -0.354 e. The molecule has 1 aliphatic heterocycles. The number of carbonyl (C=O) groups is 1. The second-order valence-corrected chi connectivity index (χ2v) is 7.80. The Labute approximate surface area is 179 Å². The molecule has 0 saturated carbocycles. The number of carbonyl (C=O) groups excluding carboxylic acids is 1. The molecule has 1 saturated heterocycles. The Bertz CT molecular complexity index is 820. The zero-order chi connectivity index (χ0) is 21.3. The van der Waals surface area contributed by atoms with Crippen molar-refractivity contribution >= 4 is 11.9 Å². The molecule has 3 rings (SSSR count). The Balaban J connectivity index is 1.48. The number of rotatable bonds is 7. The number of hydrogen-bond donors (Lipinski definition) is 2. The van der Waals surface area contributed by atoms with Crippen LogP contribution in [0.25, 0.3) is 5.69 Å². The number of aromatic nitrogens is 2. The normalized spacial score (nSPS) is 15.5. The zero-order valence-corrected chi connectivity index (χ0v) is 18.3. The van der Waals surface area contributed by atoms with Gasteiger partial charge in [-0.2, -0.15) is 5.10 Å². The predicted molar refractivity (Wildman–Crippen MR) is 121 cm³/mol. The molecule has 2 aromatic rings. The maximum absolute atomic E-state index is 12.6. The first-order chi connectivity index (χ1) is 14.6. The van der Waals surface area contributed by atoms with Gasteiger partial charge in [0.05, 0.1) is 5.69 Å². The quantitative estimate of drug-likeness (QED) is 0.544. The molecule has 7 nitrogen and oxygen atoms in total. The van der Waals surface area contributed by atoms with Crippen molar-refractivity contribution in [3.8, 4) is 5.69 Å². The maximum Gasteiger partial charge on any atom is 0.225 e. The van der Waals surface area contributed by atoms with Crippen LogP contribution < -0.4 is 10.6 Å². The van der Waals surface area contributed by atoms with Gasteiger partial charge in [0, 0.05) is 51.0 Å². The topological polar surface area (TPSA) is 74.6 Å². The summed E-state index contributed by atoms with van der Waals surface area (Å²) in [5.74, 6) is 1.28.